The van der Waals surface area contributed by atoms with Gasteiger partial charge in [0.2, 0.25) is 0 Å². The molecule has 1 unspecified atom stereocenters. The van der Waals surface area contributed by atoms with Crippen molar-refractivity contribution < 1.29 is 9.90 Å². The van der Waals surface area contributed by atoms with Crippen LogP contribution in [0.3, 0.4) is 0 Å². The fourth-order valence-electron chi connectivity index (χ4n) is 1.58. The van der Waals surface area contributed by atoms with Crippen LogP contribution in [-0.4, -0.2) is 21.0 Å². The third-order valence-corrected chi connectivity index (χ3v) is 2.41. The highest BCUT2D eigenvalue weighted by Gasteiger charge is 2.19. The second-order valence-electron chi connectivity index (χ2n) is 3.64. The average molecular weight is 231 g/mol. The predicted molar refractivity (Wildman–Crippen MR) is 62.2 cm³/mol. The second kappa shape index (κ2) is 5.27. The zero-order valence-corrected chi connectivity index (χ0v) is 9.13. The van der Waals surface area contributed by atoms with Gasteiger partial charge in [0.05, 0.1) is 0 Å². The van der Waals surface area contributed by atoms with E-state index in [1.807, 2.05) is 12.1 Å². The Labute approximate surface area is 98.5 Å². The van der Waals surface area contributed by atoms with Crippen LogP contribution >= 0.6 is 0 Å². The first-order valence-electron chi connectivity index (χ1n) is 5.26. The molecule has 0 bridgehead atoms. The van der Waals surface area contributed by atoms with E-state index in [-0.39, 0.29) is 0 Å². The fourth-order valence-corrected chi connectivity index (χ4v) is 1.58. The number of aromatic amines is 1. The summed E-state index contributed by atoms with van der Waals surface area (Å²) in [4.78, 5) is 18.0. The molecule has 0 aliphatic rings. The Hall–Kier alpha value is -2.14. The Kier molecular flexibility index (Phi) is 3.52. The predicted octanol–water partition coefficient (Wildman–Crippen LogP) is 1.33. The van der Waals surface area contributed by atoms with Gasteiger partial charge in [0.1, 0.15) is 6.04 Å². The van der Waals surface area contributed by atoms with Gasteiger partial charge in [-0.2, -0.15) is 0 Å². The Morgan fingerprint density at radius 2 is 2.35 bits per heavy atom. The molecule has 1 atom stereocenters. The van der Waals surface area contributed by atoms with E-state index in [4.69, 9.17) is 5.11 Å². The number of aromatic nitrogens is 2. The lowest BCUT2D eigenvalue weighted by Crippen LogP contribution is -2.28. The monoisotopic (exact) mass is 231 g/mol. The number of H-pyrrole nitrogens is 1. The van der Waals surface area contributed by atoms with Crippen molar-refractivity contribution >= 4 is 5.97 Å². The Balaban J connectivity index is 2.03. The molecule has 2 rings (SSSR count). The van der Waals surface area contributed by atoms with Crippen molar-refractivity contribution in [3.63, 3.8) is 0 Å². The molecular weight excluding hydrogens is 218 g/mol. The molecule has 0 radical (unpaired) electrons. The van der Waals surface area contributed by atoms with Crippen LogP contribution in [0.15, 0.2) is 42.9 Å². The van der Waals surface area contributed by atoms with E-state index < -0.39 is 12.0 Å². The third kappa shape index (κ3) is 2.92. The van der Waals surface area contributed by atoms with Crippen LogP contribution in [0.5, 0.6) is 0 Å². The minimum absolute atomic E-state index is 0.462. The summed E-state index contributed by atoms with van der Waals surface area (Å²) in [7, 11) is 0. The van der Waals surface area contributed by atoms with Gasteiger partial charge >= 0.3 is 5.97 Å². The van der Waals surface area contributed by atoms with Crippen LogP contribution in [0.25, 0.3) is 0 Å². The molecule has 0 saturated heterocycles. The summed E-state index contributed by atoms with van der Waals surface area (Å²) in [5.41, 5.74) is 1.59. The number of nitrogens with zero attached hydrogens (tertiary/aromatic N) is 1. The third-order valence-electron chi connectivity index (χ3n) is 2.41. The van der Waals surface area contributed by atoms with Crippen molar-refractivity contribution in [1.82, 2.24) is 15.3 Å². The molecule has 0 aliphatic carbocycles. The number of rotatable bonds is 5. The first kappa shape index (κ1) is 11.3. The summed E-state index contributed by atoms with van der Waals surface area (Å²) in [6, 6.07) is 6.51. The standard InChI is InChI=1S/C12H13N3O2/c16-12(17)11(10-4-2-6-14-10)15-8-9-3-1-5-13-7-9/h1-7,11,14-15H,8H2,(H,16,17). The van der Waals surface area contributed by atoms with E-state index in [0.717, 1.165) is 5.56 Å². The maximum absolute atomic E-state index is 11.1. The van der Waals surface area contributed by atoms with Crippen LogP contribution < -0.4 is 5.32 Å². The average Bonchev–Trinajstić information content (AvgIpc) is 2.84. The highest BCUT2D eigenvalue weighted by atomic mass is 16.4. The molecule has 3 N–H and O–H groups in total. The Bertz CT molecular complexity index is 468. The van der Waals surface area contributed by atoms with Gasteiger partial charge in [-0.15, -0.1) is 0 Å². The Morgan fingerprint density at radius 3 is 2.94 bits per heavy atom. The van der Waals surface area contributed by atoms with Crippen molar-refractivity contribution in [1.29, 1.82) is 0 Å². The number of carboxylic acid groups (broad SMARTS) is 1. The van der Waals surface area contributed by atoms with Gasteiger partial charge in [-0.25, -0.2) is 0 Å². The molecule has 5 heteroatoms. The van der Waals surface area contributed by atoms with Crippen LogP contribution in [-0.2, 0) is 11.3 Å². The summed E-state index contributed by atoms with van der Waals surface area (Å²) < 4.78 is 0. The number of hydrogen-bond donors (Lipinski definition) is 3. The van der Waals surface area contributed by atoms with Crippen molar-refractivity contribution in [3.05, 3.63) is 54.1 Å². The summed E-state index contributed by atoms with van der Waals surface area (Å²) in [6.07, 6.45) is 5.10. The zero-order valence-electron chi connectivity index (χ0n) is 9.13. The molecule has 0 aliphatic heterocycles. The van der Waals surface area contributed by atoms with E-state index in [1.54, 1.807) is 30.7 Å². The highest BCUT2D eigenvalue weighted by molar-refractivity contribution is 5.74. The lowest BCUT2D eigenvalue weighted by atomic mass is 10.2. The van der Waals surface area contributed by atoms with Crippen LogP contribution in [0.1, 0.15) is 17.3 Å². The Morgan fingerprint density at radius 1 is 1.47 bits per heavy atom. The van der Waals surface area contributed by atoms with E-state index >= 15 is 0 Å². The molecule has 2 aromatic heterocycles. The first-order chi connectivity index (χ1) is 8.27. The molecule has 2 heterocycles. The quantitative estimate of drug-likeness (QED) is 0.725. The molecular formula is C12H13N3O2. The number of pyridine rings is 1. The molecule has 0 aromatic carbocycles. The lowest BCUT2D eigenvalue weighted by Gasteiger charge is -2.12. The number of carbonyl (C=O) groups is 1. The molecule has 0 saturated carbocycles. The zero-order chi connectivity index (χ0) is 12.1. The minimum Gasteiger partial charge on any atom is -0.480 e. The van der Waals surface area contributed by atoms with Crippen LogP contribution in [0.2, 0.25) is 0 Å². The maximum atomic E-state index is 11.1. The summed E-state index contributed by atoms with van der Waals surface area (Å²) in [6.45, 7) is 0.462. The molecule has 17 heavy (non-hydrogen) atoms. The molecule has 5 nitrogen and oxygen atoms in total. The number of nitrogens with one attached hydrogen (secondary N) is 2. The van der Waals surface area contributed by atoms with Crippen molar-refractivity contribution in [2.45, 2.75) is 12.6 Å². The van der Waals surface area contributed by atoms with E-state index in [2.05, 4.69) is 15.3 Å². The summed E-state index contributed by atoms with van der Waals surface area (Å²) >= 11 is 0. The maximum Gasteiger partial charge on any atom is 0.326 e. The van der Waals surface area contributed by atoms with Crippen LogP contribution in [0, 0.1) is 0 Å². The van der Waals surface area contributed by atoms with Gasteiger partial charge in [0, 0.05) is 30.8 Å². The number of hydrogen-bond acceptors (Lipinski definition) is 3. The van der Waals surface area contributed by atoms with E-state index in [0.29, 0.717) is 12.2 Å². The molecule has 2 aromatic rings. The van der Waals surface area contributed by atoms with Gasteiger partial charge in [-0.05, 0) is 23.8 Å². The minimum atomic E-state index is -0.906. The van der Waals surface area contributed by atoms with Crippen molar-refractivity contribution in [2.24, 2.45) is 0 Å². The molecule has 0 spiro atoms. The normalized spacial score (nSPS) is 12.2. The highest BCUT2D eigenvalue weighted by Crippen LogP contribution is 2.11. The SMILES string of the molecule is O=C(O)C(NCc1cccnc1)c1ccc[nH]1. The van der Waals surface area contributed by atoms with Gasteiger partial charge in [0.15, 0.2) is 0 Å². The summed E-state index contributed by atoms with van der Waals surface area (Å²) in [5.74, 6) is -0.906. The smallest absolute Gasteiger partial charge is 0.326 e. The van der Waals surface area contributed by atoms with Gasteiger partial charge in [0.25, 0.3) is 0 Å². The largest absolute Gasteiger partial charge is 0.480 e. The second-order valence-corrected chi connectivity index (χ2v) is 3.64. The van der Waals surface area contributed by atoms with Gasteiger partial charge in [-0.3, -0.25) is 15.1 Å². The number of aliphatic carboxylic acids is 1. The lowest BCUT2D eigenvalue weighted by molar-refractivity contribution is -0.139. The fraction of sp³-hybridized carbons (Fsp3) is 0.167. The molecule has 0 amide bonds. The molecule has 0 fully saturated rings. The number of carboxylic acids is 1. The molecule has 88 valence electrons. The van der Waals surface area contributed by atoms with Gasteiger partial charge < -0.3 is 10.1 Å². The van der Waals surface area contributed by atoms with Crippen molar-refractivity contribution in [2.75, 3.05) is 0 Å². The first-order valence-corrected chi connectivity index (χ1v) is 5.26. The topological polar surface area (TPSA) is 78.0 Å². The van der Waals surface area contributed by atoms with Gasteiger partial charge in [-0.1, -0.05) is 6.07 Å². The van der Waals surface area contributed by atoms with Crippen molar-refractivity contribution in [3.8, 4) is 0 Å². The van der Waals surface area contributed by atoms with E-state index in [1.165, 1.54) is 0 Å². The van der Waals surface area contributed by atoms with Crippen LogP contribution in [0.4, 0.5) is 0 Å². The summed E-state index contributed by atoms with van der Waals surface area (Å²) in [5, 5.41) is 12.1. The van der Waals surface area contributed by atoms with E-state index in [9.17, 15) is 4.79 Å².